The zero-order valence-corrected chi connectivity index (χ0v) is 18.8. The molecule has 1 amide bonds. The van der Waals surface area contributed by atoms with Gasteiger partial charge in [0.05, 0.1) is 18.6 Å². The van der Waals surface area contributed by atoms with Crippen molar-refractivity contribution in [3.05, 3.63) is 96.1 Å². The van der Waals surface area contributed by atoms with Gasteiger partial charge in [0, 0.05) is 13.0 Å². The molecule has 6 nitrogen and oxygen atoms in total. The molecule has 0 radical (unpaired) electrons. The molecule has 0 fully saturated rings. The normalized spacial score (nSPS) is 12.2. The van der Waals surface area contributed by atoms with Gasteiger partial charge < -0.3 is 14.8 Å². The van der Waals surface area contributed by atoms with E-state index in [0.29, 0.717) is 12.3 Å². The number of sulfone groups is 1. The van der Waals surface area contributed by atoms with Crippen LogP contribution >= 0.6 is 0 Å². The second kappa shape index (κ2) is 11.5. The molecular weight excluding hydrogens is 426 g/mol. The van der Waals surface area contributed by atoms with Crippen LogP contribution in [0.3, 0.4) is 0 Å². The lowest BCUT2D eigenvalue weighted by molar-refractivity contribution is -0.121. The van der Waals surface area contributed by atoms with Gasteiger partial charge in [0.15, 0.2) is 5.44 Å². The van der Waals surface area contributed by atoms with Gasteiger partial charge in [0.2, 0.25) is 15.7 Å². The Morgan fingerprint density at radius 3 is 2.25 bits per heavy atom. The minimum absolute atomic E-state index is 0.0233. The molecule has 0 aliphatic heterocycles. The predicted octanol–water partition coefficient (Wildman–Crippen LogP) is 4.11. The Labute approximate surface area is 189 Å². The van der Waals surface area contributed by atoms with E-state index >= 15 is 0 Å². The van der Waals surface area contributed by atoms with Crippen LogP contribution in [0.2, 0.25) is 0 Å². The Kier molecular flexibility index (Phi) is 8.41. The Morgan fingerprint density at radius 1 is 0.906 bits per heavy atom. The Balaban J connectivity index is 1.64. The highest BCUT2D eigenvalue weighted by molar-refractivity contribution is 7.91. The molecule has 3 rings (SSSR count). The van der Waals surface area contributed by atoms with Gasteiger partial charge in [-0.3, -0.25) is 4.79 Å². The van der Waals surface area contributed by atoms with E-state index in [-0.39, 0.29) is 30.3 Å². The van der Waals surface area contributed by atoms with E-state index in [0.717, 1.165) is 11.1 Å². The molecule has 32 heavy (non-hydrogen) atoms. The minimum Gasteiger partial charge on any atom is -0.497 e. The quantitative estimate of drug-likeness (QED) is 0.473. The number of carbonyl (C=O) groups excluding carboxylic acids is 1. The molecule has 0 bridgehead atoms. The highest BCUT2D eigenvalue weighted by atomic mass is 32.2. The highest BCUT2D eigenvalue weighted by Crippen LogP contribution is 2.22. The van der Waals surface area contributed by atoms with Gasteiger partial charge in [0.1, 0.15) is 5.75 Å². The summed E-state index contributed by atoms with van der Waals surface area (Å²) in [4.78, 5) is 12.6. The first kappa shape index (κ1) is 23.5. The lowest BCUT2D eigenvalue weighted by Crippen LogP contribution is -2.29. The summed E-state index contributed by atoms with van der Waals surface area (Å²) in [6.07, 6.45) is 0.0729. The van der Waals surface area contributed by atoms with Gasteiger partial charge in [-0.15, -0.1) is 0 Å². The summed E-state index contributed by atoms with van der Waals surface area (Å²) in [5.41, 5.74) is 0.627. The molecule has 7 heteroatoms. The van der Waals surface area contributed by atoms with Crippen molar-refractivity contribution in [2.24, 2.45) is 0 Å². The van der Waals surface area contributed by atoms with E-state index in [1.54, 1.807) is 25.3 Å². The number of carbonyl (C=O) groups is 1. The van der Waals surface area contributed by atoms with Crippen molar-refractivity contribution in [1.29, 1.82) is 0 Å². The molecule has 0 aliphatic rings. The summed E-state index contributed by atoms with van der Waals surface area (Å²) in [5, 5.41) is 2.83. The smallest absolute Gasteiger partial charge is 0.220 e. The van der Waals surface area contributed by atoms with E-state index < -0.39 is 15.3 Å². The number of hydrogen-bond donors (Lipinski definition) is 1. The molecule has 1 N–H and O–H groups in total. The fourth-order valence-corrected chi connectivity index (χ4v) is 4.69. The van der Waals surface area contributed by atoms with Crippen LogP contribution in [-0.2, 0) is 32.5 Å². The number of hydrogen-bond acceptors (Lipinski definition) is 5. The largest absolute Gasteiger partial charge is 0.497 e. The van der Waals surface area contributed by atoms with Crippen LogP contribution in [0.1, 0.15) is 24.0 Å². The summed E-state index contributed by atoms with van der Waals surface area (Å²) in [6, 6.07) is 24.9. The number of methoxy groups -OCH3 is 1. The maximum absolute atomic E-state index is 13.1. The van der Waals surface area contributed by atoms with Gasteiger partial charge >= 0.3 is 0 Å². The Hall–Kier alpha value is -3.16. The number of rotatable bonds is 11. The third-order valence-electron chi connectivity index (χ3n) is 4.93. The van der Waals surface area contributed by atoms with Crippen molar-refractivity contribution in [1.82, 2.24) is 5.32 Å². The van der Waals surface area contributed by atoms with Crippen LogP contribution in [0, 0.1) is 0 Å². The Morgan fingerprint density at radius 2 is 1.56 bits per heavy atom. The topological polar surface area (TPSA) is 81.7 Å². The Bertz CT molecular complexity index is 1100. The number of benzene rings is 3. The first-order chi connectivity index (χ1) is 15.5. The van der Waals surface area contributed by atoms with Crippen molar-refractivity contribution in [3.63, 3.8) is 0 Å². The maximum Gasteiger partial charge on any atom is 0.220 e. The first-order valence-corrected chi connectivity index (χ1v) is 11.9. The van der Waals surface area contributed by atoms with Gasteiger partial charge in [0.25, 0.3) is 0 Å². The van der Waals surface area contributed by atoms with Gasteiger partial charge in [-0.2, -0.15) is 0 Å². The molecule has 168 valence electrons. The third kappa shape index (κ3) is 6.67. The fourth-order valence-electron chi connectivity index (χ4n) is 3.17. The number of ether oxygens (including phenoxy) is 2. The zero-order chi connectivity index (χ0) is 22.8. The molecule has 3 aromatic rings. The van der Waals surface area contributed by atoms with Crippen molar-refractivity contribution in [2.75, 3.05) is 7.11 Å². The van der Waals surface area contributed by atoms with Crippen LogP contribution in [0.25, 0.3) is 0 Å². The molecule has 1 unspecified atom stereocenters. The van der Waals surface area contributed by atoms with Crippen molar-refractivity contribution >= 4 is 15.7 Å². The maximum atomic E-state index is 13.1. The summed E-state index contributed by atoms with van der Waals surface area (Å²) >= 11 is 0. The highest BCUT2D eigenvalue weighted by Gasteiger charge is 2.28. The zero-order valence-electron chi connectivity index (χ0n) is 17.9. The van der Waals surface area contributed by atoms with Crippen LogP contribution in [0.15, 0.2) is 89.8 Å². The first-order valence-electron chi connectivity index (χ1n) is 10.3. The van der Waals surface area contributed by atoms with E-state index in [2.05, 4.69) is 5.32 Å². The molecule has 1 atom stereocenters. The van der Waals surface area contributed by atoms with Gasteiger partial charge in [-0.25, -0.2) is 8.42 Å². The average molecular weight is 454 g/mol. The average Bonchev–Trinajstić information content (AvgIpc) is 2.84. The monoisotopic (exact) mass is 453 g/mol. The molecule has 0 aliphatic carbocycles. The van der Waals surface area contributed by atoms with Crippen molar-refractivity contribution in [2.45, 2.75) is 36.3 Å². The van der Waals surface area contributed by atoms with Gasteiger partial charge in [-0.05, 0) is 41.8 Å². The standard InChI is InChI=1S/C25H27NO5S/c1-30-22-12-8-11-21(17-22)18-26-24(27)15-16-25(31-19-20-9-4-2-5-10-20)32(28,29)23-13-6-3-7-14-23/h2-14,17,25H,15-16,18-19H2,1H3,(H,26,27). The number of amides is 1. The van der Waals surface area contributed by atoms with Crippen molar-refractivity contribution in [3.8, 4) is 5.75 Å². The fraction of sp³-hybridized carbons (Fsp3) is 0.240. The SMILES string of the molecule is COc1cccc(CNC(=O)CCC(OCc2ccccc2)S(=O)(=O)c2ccccc2)c1. The summed E-state index contributed by atoms with van der Waals surface area (Å²) in [5.74, 6) is 0.462. The second-order valence-corrected chi connectivity index (χ2v) is 9.34. The van der Waals surface area contributed by atoms with Crippen LogP contribution < -0.4 is 10.1 Å². The van der Waals surface area contributed by atoms with E-state index in [1.165, 1.54) is 12.1 Å². The predicted molar refractivity (Wildman–Crippen MR) is 123 cm³/mol. The van der Waals surface area contributed by atoms with Crippen LogP contribution in [0.5, 0.6) is 5.75 Å². The van der Waals surface area contributed by atoms with E-state index in [1.807, 2.05) is 54.6 Å². The molecule has 0 aromatic heterocycles. The summed E-state index contributed by atoms with van der Waals surface area (Å²) < 4.78 is 37.3. The summed E-state index contributed by atoms with van der Waals surface area (Å²) in [7, 11) is -2.18. The molecule has 0 spiro atoms. The molecule has 0 saturated heterocycles. The minimum atomic E-state index is -3.76. The van der Waals surface area contributed by atoms with Crippen LogP contribution in [0.4, 0.5) is 0 Å². The summed E-state index contributed by atoms with van der Waals surface area (Å²) in [6.45, 7) is 0.472. The molecule has 0 heterocycles. The lowest BCUT2D eigenvalue weighted by atomic mass is 10.2. The molecule has 0 saturated carbocycles. The third-order valence-corrected chi connectivity index (χ3v) is 6.92. The molecular formula is C25H27NO5S. The van der Waals surface area contributed by atoms with Gasteiger partial charge in [-0.1, -0.05) is 60.7 Å². The van der Waals surface area contributed by atoms with Crippen LogP contribution in [-0.4, -0.2) is 26.9 Å². The second-order valence-electron chi connectivity index (χ2n) is 7.25. The van der Waals surface area contributed by atoms with E-state index in [4.69, 9.17) is 9.47 Å². The van der Waals surface area contributed by atoms with Crippen molar-refractivity contribution < 1.29 is 22.7 Å². The molecule has 3 aromatic carbocycles. The lowest BCUT2D eigenvalue weighted by Gasteiger charge is -2.19. The van der Waals surface area contributed by atoms with E-state index in [9.17, 15) is 13.2 Å². The number of nitrogens with one attached hydrogen (secondary N) is 1.